The van der Waals surface area contributed by atoms with E-state index in [4.69, 9.17) is 4.74 Å². The molecule has 3 aromatic rings. The van der Waals surface area contributed by atoms with E-state index in [9.17, 15) is 9.59 Å². The molecule has 1 fully saturated rings. The Labute approximate surface area is 174 Å². The number of urea groups is 1. The molecule has 2 heterocycles. The monoisotopic (exact) mass is 405 g/mol. The predicted octanol–water partition coefficient (Wildman–Crippen LogP) is 3.33. The van der Waals surface area contributed by atoms with Gasteiger partial charge >= 0.3 is 6.03 Å². The standard InChI is InChI=1S/C22H23N5O3/c1-30-20-13-17(6-9-19(20)27-11-2-3-21(27)28)25-22(29)24-14-16-4-7-18(8-5-16)26-12-10-23-15-26/h4-10,12-13,15H,2-3,11,14H2,1H3,(H2,24,25,29). The predicted molar refractivity (Wildman–Crippen MR) is 114 cm³/mol. The Balaban J connectivity index is 1.35. The van der Waals surface area contributed by atoms with Crippen molar-refractivity contribution < 1.29 is 14.3 Å². The minimum Gasteiger partial charge on any atom is -0.494 e. The van der Waals surface area contributed by atoms with Crippen molar-refractivity contribution in [1.29, 1.82) is 0 Å². The molecular formula is C22H23N5O3. The quantitative estimate of drug-likeness (QED) is 0.658. The van der Waals surface area contributed by atoms with Gasteiger partial charge in [0.2, 0.25) is 5.91 Å². The summed E-state index contributed by atoms with van der Waals surface area (Å²) in [6.07, 6.45) is 6.73. The number of nitrogens with zero attached hydrogens (tertiary/aromatic N) is 3. The second-order valence-electron chi connectivity index (χ2n) is 6.98. The lowest BCUT2D eigenvalue weighted by Gasteiger charge is -2.19. The minimum atomic E-state index is -0.319. The number of ether oxygens (including phenoxy) is 1. The molecule has 1 aliphatic rings. The first-order chi connectivity index (χ1) is 14.6. The first-order valence-corrected chi connectivity index (χ1v) is 9.74. The van der Waals surface area contributed by atoms with Gasteiger partial charge in [-0.25, -0.2) is 9.78 Å². The third kappa shape index (κ3) is 4.27. The summed E-state index contributed by atoms with van der Waals surface area (Å²) in [5.41, 5.74) is 3.30. The van der Waals surface area contributed by atoms with Gasteiger partial charge < -0.3 is 24.8 Å². The summed E-state index contributed by atoms with van der Waals surface area (Å²) in [5.74, 6) is 0.643. The van der Waals surface area contributed by atoms with E-state index in [1.54, 1.807) is 42.7 Å². The molecule has 4 rings (SSSR count). The zero-order chi connectivity index (χ0) is 20.9. The van der Waals surface area contributed by atoms with Crippen LogP contribution in [0.25, 0.3) is 5.69 Å². The van der Waals surface area contributed by atoms with E-state index < -0.39 is 0 Å². The lowest BCUT2D eigenvalue weighted by Crippen LogP contribution is -2.28. The fraction of sp³-hybridized carbons (Fsp3) is 0.227. The Morgan fingerprint density at radius 2 is 2.03 bits per heavy atom. The highest BCUT2D eigenvalue weighted by atomic mass is 16.5. The van der Waals surface area contributed by atoms with Crippen LogP contribution in [0.15, 0.2) is 61.2 Å². The molecule has 3 amide bonds. The molecule has 154 valence electrons. The van der Waals surface area contributed by atoms with Gasteiger partial charge in [0, 0.05) is 49.3 Å². The number of imidazole rings is 1. The molecule has 8 nitrogen and oxygen atoms in total. The highest BCUT2D eigenvalue weighted by Gasteiger charge is 2.24. The van der Waals surface area contributed by atoms with Crippen LogP contribution in [0.1, 0.15) is 18.4 Å². The van der Waals surface area contributed by atoms with E-state index in [2.05, 4.69) is 15.6 Å². The van der Waals surface area contributed by atoms with Gasteiger partial charge in [-0.05, 0) is 36.2 Å². The van der Waals surface area contributed by atoms with Gasteiger partial charge in [0.1, 0.15) is 5.75 Å². The average Bonchev–Trinajstić information content (AvgIpc) is 3.45. The Morgan fingerprint density at radius 1 is 1.20 bits per heavy atom. The third-order valence-corrected chi connectivity index (χ3v) is 4.99. The lowest BCUT2D eigenvalue weighted by atomic mass is 10.2. The van der Waals surface area contributed by atoms with Gasteiger partial charge in [-0.2, -0.15) is 0 Å². The Kier molecular flexibility index (Phi) is 5.65. The normalized spacial score (nSPS) is 13.4. The highest BCUT2D eigenvalue weighted by Crippen LogP contribution is 2.33. The van der Waals surface area contributed by atoms with Gasteiger partial charge in [-0.1, -0.05) is 12.1 Å². The van der Waals surface area contributed by atoms with Crippen LogP contribution in [0.3, 0.4) is 0 Å². The number of nitrogens with one attached hydrogen (secondary N) is 2. The van der Waals surface area contributed by atoms with Crippen LogP contribution in [-0.2, 0) is 11.3 Å². The zero-order valence-electron chi connectivity index (χ0n) is 16.7. The molecule has 0 atom stereocenters. The first kappa shape index (κ1) is 19.5. The molecular weight excluding hydrogens is 382 g/mol. The first-order valence-electron chi connectivity index (χ1n) is 9.74. The largest absolute Gasteiger partial charge is 0.494 e. The van der Waals surface area contributed by atoms with Crippen LogP contribution in [0.2, 0.25) is 0 Å². The maximum absolute atomic E-state index is 12.3. The minimum absolute atomic E-state index is 0.0887. The fourth-order valence-electron chi connectivity index (χ4n) is 3.44. The number of hydrogen-bond donors (Lipinski definition) is 2. The fourth-order valence-corrected chi connectivity index (χ4v) is 3.44. The van der Waals surface area contributed by atoms with Crippen molar-refractivity contribution in [3.8, 4) is 11.4 Å². The van der Waals surface area contributed by atoms with E-state index >= 15 is 0 Å². The summed E-state index contributed by atoms with van der Waals surface area (Å²) in [6, 6.07) is 12.8. The molecule has 0 spiro atoms. The summed E-state index contributed by atoms with van der Waals surface area (Å²) in [7, 11) is 1.55. The highest BCUT2D eigenvalue weighted by molar-refractivity contribution is 5.97. The number of methoxy groups -OCH3 is 1. The van der Waals surface area contributed by atoms with Crippen molar-refractivity contribution in [2.45, 2.75) is 19.4 Å². The third-order valence-electron chi connectivity index (χ3n) is 4.99. The number of benzene rings is 2. The van der Waals surface area contributed by atoms with Crippen molar-refractivity contribution in [2.24, 2.45) is 0 Å². The van der Waals surface area contributed by atoms with E-state index in [0.29, 0.717) is 30.9 Å². The topological polar surface area (TPSA) is 88.5 Å². The van der Waals surface area contributed by atoms with Crippen LogP contribution in [0.4, 0.5) is 16.2 Å². The Hall–Kier alpha value is -3.81. The second-order valence-corrected chi connectivity index (χ2v) is 6.98. The number of carbonyl (C=O) groups excluding carboxylic acids is 2. The number of carbonyl (C=O) groups is 2. The smallest absolute Gasteiger partial charge is 0.319 e. The molecule has 2 N–H and O–H groups in total. The number of rotatable bonds is 6. The molecule has 8 heteroatoms. The zero-order valence-corrected chi connectivity index (χ0v) is 16.7. The van der Waals surface area contributed by atoms with Crippen molar-refractivity contribution in [2.75, 3.05) is 23.9 Å². The average molecular weight is 405 g/mol. The molecule has 1 aromatic heterocycles. The molecule has 1 aliphatic heterocycles. The maximum Gasteiger partial charge on any atom is 0.319 e. The molecule has 0 saturated carbocycles. The van der Waals surface area contributed by atoms with Gasteiger partial charge in [0.15, 0.2) is 0 Å². The van der Waals surface area contributed by atoms with Gasteiger partial charge in [-0.15, -0.1) is 0 Å². The summed E-state index contributed by atoms with van der Waals surface area (Å²) in [4.78, 5) is 30.0. The molecule has 1 saturated heterocycles. The summed E-state index contributed by atoms with van der Waals surface area (Å²) >= 11 is 0. The number of amides is 3. The van der Waals surface area contributed by atoms with Crippen LogP contribution < -0.4 is 20.3 Å². The van der Waals surface area contributed by atoms with E-state index in [-0.39, 0.29) is 11.9 Å². The number of anilines is 2. The molecule has 2 aromatic carbocycles. The van der Waals surface area contributed by atoms with Gasteiger partial charge in [-0.3, -0.25) is 4.79 Å². The van der Waals surface area contributed by atoms with Crippen molar-refractivity contribution in [1.82, 2.24) is 14.9 Å². The summed E-state index contributed by atoms with van der Waals surface area (Å²) in [6.45, 7) is 1.08. The van der Waals surface area contributed by atoms with Crippen molar-refractivity contribution >= 4 is 23.3 Å². The summed E-state index contributed by atoms with van der Waals surface area (Å²) < 4.78 is 7.34. The van der Waals surface area contributed by atoms with Crippen LogP contribution in [0.5, 0.6) is 5.75 Å². The van der Waals surface area contributed by atoms with Crippen molar-refractivity contribution in [3.05, 3.63) is 66.7 Å². The van der Waals surface area contributed by atoms with Gasteiger partial charge in [0.25, 0.3) is 0 Å². The summed E-state index contributed by atoms with van der Waals surface area (Å²) in [5, 5.41) is 5.65. The number of aromatic nitrogens is 2. The van der Waals surface area contributed by atoms with E-state index in [1.807, 2.05) is 35.0 Å². The maximum atomic E-state index is 12.3. The Morgan fingerprint density at radius 3 is 2.70 bits per heavy atom. The van der Waals surface area contributed by atoms with Crippen molar-refractivity contribution in [3.63, 3.8) is 0 Å². The van der Waals surface area contributed by atoms with Gasteiger partial charge in [0.05, 0.1) is 19.1 Å². The molecule has 30 heavy (non-hydrogen) atoms. The van der Waals surface area contributed by atoms with Crippen LogP contribution in [-0.4, -0.2) is 35.1 Å². The lowest BCUT2D eigenvalue weighted by molar-refractivity contribution is -0.117. The molecule has 0 bridgehead atoms. The molecule has 0 unspecified atom stereocenters. The second kappa shape index (κ2) is 8.69. The van der Waals surface area contributed by atoms with Crippen LogP contribution >= 0.6 is 0 Å². The van der Waals surface area contributed by atoms with E-state index in [1.165, 1.54) is 0 Å². The SMILES string of the molecule is COc1cc(NC(=O)NCc2ccc(-n3ccnc3)cc2)ccc1N1CCCC1=O. The van der Waals surface area contributed by atoms with Crippen LogP contribution in [0, 0.1) is 0 Å². The molecule has 0 radical (unpaired) electrons. The number of hydrogen-bond acceptors (Lipinski definition) is 4. The molecule has 0 aliphatic carbocycles. The Bertz CT molecular complexity index is 1030. The van der Waals surface area contributed by atoms with E-state index in [0.717, 1.165) is 23.4 Å².